The fourth-order valence-electron chi connectivity index (χ4n) is 4.58. The molecule has 0 amide bonds. The summed E-state index contributed by atoms with van der Waals surface area (Å²) in [6, 6.07) is 11.8. The van der Waals surface area contributed by atoms with Crippen LogP contribution in [0.2, 0.25) is 0 Å². The topological polar surface area (TPSA) is 68.5 Å². The van der Waals surface area contributed by atoms with Crippen LogP contribution < -0.4 is 5.32 Å². The molecule has 4 rings (SSSR count). The van der Waals surface area contributed by atoms with E-state index in [1.165, 1.54) is 5.56 Å². The number of aryl methyl sites for hydroxylation is 1. The van der Waals surface area contributed by atoms with Crippen LogP contribution in [0.4, 0.5) is 0 Å². The highest BCUT2D eigenvalue weighted by atomic mass is 16.5. The van der Waals surface area contributed by atoms with E-state index in [2.05, 4.69) is 19.2 Å². The lowest BCUT2D eigenvalue weighted by Gasteiger charge is -2.38. The van der Waals surface area contributed by atoms with Crippen LogP contribution in [-0.4, -0.2) is 18.4 Å². The molecule has 0 saturated heterocycles. The molecule has 5 nitrogen and oxygen atoms in total. The van der Waals surface area contributed by atoms with Gasteiger partial charge in [0.25, 0.3) is 0 Å². The molecule has 1 aliphatic carbocycles. The number of hydrogen-bond donors (Lipinski definition) is 1. The fourth-order valence-corrected chi connectivity index (χ4v) is 4.58. The number of dihydropyridines is 1. The Hall–Kier alpha value is -3.08. The van der Waals surface area contributed by atoms with Gasteiger partial charge in [0.05, 0.1) is 18.1 Å². The van der Waals surface area contributed by atoms with E-state index in [0.717, 1.165) is 17.7 Å². The third-order valence-electron chi connectivity index (χ3n) is 5.98. The molecule has 0 bridgehead atoms. The number of esters is 1. The molecule has 0 radical (unpaired) electrons. The number of Topliss-reactive ketones (excluding diaryl/α,β-unsaturated/α-hetero) is 1. The maximum atomic E-state index is 13.3. The van der Waals surface area contributed by atoms with Gasteiger partial charge >= 0.3 is 5.97 Å². The highest BCUT2D eigenvalue weighted by molar-refractivity contribution is 6.04. The van der Waals surface area contributed by atoms with Gasteiger partial charge in [0.1, 0.15) is 11.5 Å². The molecule has 0 saturated carbocycles. The Labute approximate surface area is 183 Å². The van der Waals surface area contributed by atoms with Crippen molar-refractivity contribution >= 4 is 11.8 Å². The number of benzene rings is 1. The molecule has 31 heavy (non-hydrogen) atoms. The third kappa shape index (κ3) is 3.97. The number of nitrogens with one attached hydrogen (secondary N) is 1. The standard InChI is InChI=1S/C26H29NO4/c1-6-30-25(29)22-16(3)27-18-13-26(4,5)14-19(28)23(18)24(22)21-12-11-20(31-21)17-9-7-15(2)8-10-17/h7-12,24,27H,6,13-14H2,1-5H3. The molecule has 162 valence electrons. The van der Waals surface area contributed by atoms with Crippen molar-refractivity contribution in [3.05, 3.63) is 70.3 Å². The summed E-state index contributed by atoms with van der Waals surface area (Å²) >= 11 is 0. The number of hydrogen-bond acceptors (Lipinski definition) is 5. The van der Waals surface area contributed by atoms with Gasteiger partial charge in [-0.25, -0.2) is 4.79 Å². The summed E-state index contributed by atoms with van der Waals surface area (Å²) in [5.41, 5.74) is 4.64. The third-order valence-corrected chi connectivity index (χ3v) is 5.98. The van der Waals surface area contributed by atoms with Crippen molar-refractivity contribution in [1.82, 2.24) is 5.32 Å². The fraction of sp³-hybridized carbons (Fsp3) is 0.385. The number of furan rings is 1. The molecule has 0 fully saturated rings. The first-order chi connectivity index (χ1) is 14.7. The van der Waals surface area contributed by atoms with Gasteiger partial charge < -0.3 is 14.5 Å². The van der Waals surface area contributed by atoms with Gasteiger partial charge in [-0.05, 0) is 44.7 Å². The summed E-state index contributed by atoms with van der Waals surface area (Å²) < 4.78 is 11.6. The van der Waals surface area contributed by atoms with Crippen molar-refractivity contribution < 1.29 is 18.7 Å². The molecule has 1 N–H and O–H groups in total. The number of carbonyl (C=O) groups is 2. The quantitative estimate of drug-likeness (QED) is 0.670. The van der Waals surface area contributed by atoms with Gasteiger partial charge in [-0.2, -0.15) is 0 Å². The molecule has 2 aromatic rings. The van der Waals surface area contributed by atoms with Gasteiger partial charge in [0.15, 0.2) is 5.78 Å². The van der Waals surface area contributed by atoms with E-state index in [4.69, 9.17) is 9.15 Å². The van der Waals surface area contributed by atoms with Crippen molar-refractivity contribution in [3.8, 4) is 11.3 Å². The second-order valence-electron chi connectivity index (χ2n) is 9.22. The molecule has 1 atom stereocenters. The summed E-state index contributed by atoms with van der Waals surface area (Å²) in [5, 5.41) is 3.33. The Morgan fingerprint density at radius 3 is 2.52 bits per heavy atom. The van der Waals surface area contributed by atoms with Crippen LogP contribution in [-0.2, 0) is 14.3 Å². The second kappa shape index (κ2) is 7.88. The molecule has 1 aliphatic heterocycles. The summed E-state index contributed by atoms with van der Waals surface area (Å²) in [5.74, 6) is 0.347. The first-order valence-electron chi connectivity index (χ1n) is 10.8. The lowest BCUT2D eigenvalue weighted by atomic mass is 9.69. The predicted molar refractivity (Wildman–Crippen MR) is 119 cm³/mol. The normalized spacial score (nSPS) is 20.4. The van der Waals surface area contributed by atoms with Crippen LogP contribution in [0.3, 0.4) is 0 Å². The van der Waals surface area contributed by atoms with Crippen LogP contribution in [0.15, 0.2) is 63.4 Å². The van der Waals surface area contributed by atoms with Crippen molar-refractivity contribution in [2.75, 3.05) is 6.61 Å². The largest absolute Gasteiger partial charge is 0.463 e. The van der Waals surface area contributed by atoms with Crippen LogP contribution in [0.5, 0.6) is 0 Å². The first-order valence-corrected chi connectivity index (χ1v) is 10.8. The molecule has 1 unspecified atom stereocenters. The van der Waals surface area contributed by atoms with E-state index >= 15 is 0 Å². The minimum atomic E-state index is -0.571. The van der Waals surface area contributed by atoms with E-state index < -0.39 is 11.9 Å². The van der Waals surface area contributed by atoms with E-state index in [1.54, 1.807) is 6.92 Å². The van der Waals surface area contributed by atoms with Crippen molar-refractivity contribution in [1.29, 1.82) is 0 Å². The van der Waals surface area contributed by atoms with Gasteiger partial charge in [0.2, 0.25) is 0 Å². The lowest BCUT2D eigenvalue weighted by molar-refractivity contribution is -0.138. The van der Waals surface area contributed by atoms with Crippen LogP contribution in [0.25, 0.3) is 11.3 Å². The zero-order valence-electron chi connectivity index (χ0n) is 18.8. The SMILES string of the molecule is CCOC(=O)C1=C(C)NC2=C(C(=O)CC(C)(C)C2)C1c1ccc(-c2ccc(C)cc2)o1. The highest BCUT2D eigenvalue weighted by Crippen LogP contribution is 2.47. The molecule has 5 heteroatoms. The average Bonchev–Trinajstić information content (AvgIpc) is 3.16. The zero-order chi connectivity index (χ0) is 22.3. The summed E-state index contributed by atoms with van der Waals surface area (Å²) in [6.45, 7) is 10.1. The zero-order valence-corrected chi connectivity index (χ0v) is 18.8. The predicted octanol–water partition coefficient (Wildman–Crippen LogP) is 5.42. The van der Waals surface area contributed by atoms with Gasteiger partial charge in [-0.15, -0.1) is 0 Å². The maximum absolute atomic E-state index is 13.3. The Bertz CT molecular complexity index is 1100. The number of allylic oxidation sites excluding steroid dienone is 3. The van der Waals surface area contributed by atoms with E-state index in [9.17, 15) is 9.59 Å². The molecule has 1 aromatic heterocycles. The van der Waals surface area contributed by atoms with Crippen LogP contribution in [0, 0.1) is 12.3 Å². The maximum Gasteiger partial charge on any atom is 0.336 e. The second-order valence-corrected chi connectivity index (χ2v) is 9.22. The Morgan fingerprint density at radius 2 is 1.84 bits per heavy atom. The Morgan fingerprint density at radius 1 is 1.13 bits per heavy atom. The van der Waals surface area contributed by atoms with Crippen molar-refractivity contribution in [2.24, 2.45) is 5.41 Å². The van der Waals surface area contributed by atoms with E-state index in [0.29, 0.717) is 34.8 Å². The van der Waals surface area contributed by atoms with Crippen LogP contribution in [0.1, 0.15) is 57.8 Å². The number of ketones is 1. The minimum Gasteiger partial charge on any atom is -0.463 e. The minimum absolute atomic E-state index is 0.0475. The summed E-state index contributed by atoms with van der Waals surface area (Å²) in [7, 11) is 0. The Balaban J connectivity index is 1.83. The monoisotopic (exact) mass is 419 g/mol. The number of ether oxygens (including phenoxy) is 1. The van der Waals surface area contributed by atoms with Crippen molar-refractivity contribution in [2.45, 2.75) is 53.4 Å². The van der Waals surface area contributed by atoms with E-state index in [1.807, 2.05) is 50.2 Å². The van der Waals surface area contributed by atoms with Gasteiger partial charge in [0, 0.05) is 29.0 Å². The summed E-state index contributed by atoms with van der Waals surface area (Å²) in [4.78, 5) is 26.2. The van der Waals surface area contributed by atoms with Crippen molar-refractivity contribution in [3.63, 3.8) is 0 Å². The molecule has 1 aromatic carbocycles. The Kier molecular flexibility index (Phi) is 5.38. The molecule has 0 spiro atoms. The van der Waals surface area contributed by atoms with Gasteiger partial charge in [-0.1, -0.05) is 43.7 Å². The average molecular weight is 420 g/mol. The lowest BCUT2D eigenvalue weighted by Crippen LogP contribution is -2.38. The molecular weight excluding hydrogens is 390 g/mol. The van der Waals surface area contributed by atoms with Gasteiger partial charge in [-0.3, -0.25) is 4.79 Å². The number of carbonyl (C=O) groups excluding carboxylic acids is 2. The molecule has 2 aliphatic rings. The first kappa shape index (κ1) is 21.2. The van der Waals surface area contributed by atoms with Crippen LogP contribution >= 0.6 is 0 Å². The number of rotatable bonds is 4. The smallest absolute Gasteiger partial charge is 0.336 e. The highest BCUT2D eigenvalue weighted by Gasteiger charge is 2.44. The molecule has 2 heterocycles. The summed E-state index contributed by atoms with van der Waals surface area (Å²) in [6.07, 6.45) is 1.17. The molecular formula is C26H29NO4. The van der Waals surface area contributed by atoms with E-state index in [-0.39, 0.29) is 17.8 Å².